The van der Waals surface area contributed by atoms with Crippen molar-refractivity contribution >= 4 is 23.4 Å². The Morgan fingerprint density at radius 3 is 2.89 bits per heavy atom. The van der Waals surface area contributed by atoms with E-state index in [1.54, 1.807) is 36.3 Å². The first-order chi connectivity index (χ1) is 9.24. The monoisotopic (exact) mass is 271 g/mol. The van der Waals surface area contributed by atoms with Gasteiger partial charge in [-0.2, -0.15) is 0 Å². The highest BCUT2D eigenvalue weighted by molar-refractivity contribution is 7.99. The van der Waals surface area contributed by atoms with E-state index in [9.17, 15) is 4.79 Å². The number of carbonyl (C=O) groups excluding carboxylic acids is 1. The zero-order valence-corrected chi connectivity index (χ0v) is 11.0. The summed E-state index contributed by atoms with van der Waals surface area (Å²) in [4.78, 5) is 17.1. The van der Waals surface area contributed by atoms with Crippen molar-refractivity contribution < 1.29 is 4.79 Å². The lowest BCUT2D eigenvalue weighted by Gasteiger charge is -2.07. The fourth-order valence-corrected chi connectivity index (χ4v) is 3.15. The van der Waals surface area contributed by atoms with Gasteiger partial charge in [0.15, 0.2) is 0 Å². The molecule has 1 amide bonds. The van der Waals surface area contributed by atoms with Gasteiger partial charge in [0.1, 0.15) is 0 Å². The molecule has 1 aliphatic rings. The van der Waals surface area contributed by atoms with Crippen LogP contribution in [0.25, 0.3) is 0 Å². The Labute approximate surface area is 115 Å². The summed E-state index contributed by atoms with van der Waals surface area (Å²) in [5.41, 5.74) is 8.49. The Kier molecular flexibility index (Phi) is 3.23. The van der Waals surface area contributed by atoms with E-state index in [4.69, 9.17) is 5.73 Å². The molecule has 2 aromatic rings. The molecule has 1 aromatic heterocycles. The maximum absolute atomic E-state index is 12.1. The number of amides is 1. The molecule has 4 nitrogen and oxygen atoms in total. The fraction of sp³-hybridized carbons (Fsp3) is 0.143. The van der Waals surface area contributed by atoms with E-state index in [0.29, 0.717) is 5.56 Å². The molecule has 1 aromatic carbocycles. The third kappa shape index (κ3) is 2.47. The molecule has 3 N–H and O–H groups in total. The highest BCUT2D eigenvalue weighted by Gasteiger charge is 2.20. The van der Waals surface area contributed by atoms with E-state index < -0.39 is 0 Å². The standard InChI is InChI=1S/C14H13N3OS/c15-12-8-19-13-7-9(1-2-11(12)13)14(18)17-10-3-5-16-6-4-10/h1-7,12H,8,15H2,(H,16,17,18)/t12-/m0/s1. The van der Waals surface area contributed by atoms with Crippen LogP contribution in [0, 0.1) is 0 Å². The predicted octanol–water partition coefficient (Wildman–Crippen LogP) is 2.44. The number of aromatic nitrogens is 1. The Hall–Kier alpha value is -1.85. The summed E-state index contributed by atoms with van der Waals surface area (Å²) in [7, 11) is 0. The zero-order valence-electron chi connectivity index (χ0n) is 10.2. The molecule has 0 unspecified atom stereocenters. The van der Waals surface area contributed by atoms with Crippen LogP contribution >= 0.6 is 11.8 Å². The van der Waals surface area contributed by atoms with Crippen molar-refractivity contribution in [2.24, 2.45) is 5.73 Å². The molecule has 19 heavy (non-hydrogen) atoms. The quantitative estimate of drug-likeness (QED) is 0.880. The van der Waals surface area contributed by atoms with Crippen LogP contribution in [0.5, 0.6) is 0 Å². The molecule has 0 bridgehead atoms. The van der Waals surface area contributed by atoms with Crippen molar-refractivity contribution in [2.75, 3.05) is 11.1 Å². The molecule has 1 aliphatic heterocycles. The minimum absolute atomic E-state index is 0.0808. The van der Waals surface area contributed by atoms with Gasteiger partial charge in [0, 0.05) is 40.3 Å². The third-order valence-electron chi connectivity index (χ3n) is 3.03. The second-order valence-electron chi connectivity index (χ2n) is 4.36. The van der Waals surface area contributed by atoms with Crippen LogP contribution in [-0.4, -0.2) is 16.6 Å². The molecule has 0 fully saturated rings. The highest BCUT2D eigenvalue weighted by atomic mass is 32.2. The summed E-state index contributed by atoms with van der Waals surface area (Å²) >= 11 is 1.70. The van der Waals surface area contributed by atoms with E-state index in [-0.39, 0.29) is 11.9 Å². The molecule has 5 heteroatoms. The molecule has 1 atom stereocenters. The van der Waals surface area contributed by atoms with Gasteiger partial charge in [-0.25, -0.2) is 0 Å². The number of hydrogen-bond acceptors (Lipinski definition) is 4. The summed E-state index contributed by atoms with van der Waals surface area (Å²) in [6.07, 6.45) is 3.29. The minimum Gasteiger partial charge on any atom is -0.323 e. The zero-order chi connectivity index (χ0) is 13.2. The van der Waals surface area contributed by atoms with Gasteiger partial charge in [-0.3, -0.25) is 9.78 Å². The molecular formula is C14H13N3OS. The van der Waals surface area contributed by atoms with E-state index >= 15 is 0 Å². The van der Waals surface area contributed by atoms with Crippen molar-refractivity contribution in [1.29, 1.82) is 0 Å². The lowest BCUT2D eigenvalue weighted by atomic mass is 10.1. The number of fused-ring (bicyclic) bond motifs is 1. The number of nitrogens with two attached hydrogens (primary N) is 1. The number of benzene rings is 1. The average Bonchev–Trinajstić information content (AvgIpc) is 2.81. The van der Waals surface area contributed by atoms with Crippen LogP contribution in [0.2, 0.25) is 0 Å². The van der Waals surface area contributed by atoms with Gasteiger partial charge >= 0.3 is 0 Å². The fourth-order valence-electron chi connectivity index (χ4n) is 2.01. The number of anilines is 1. The lowest BCUT2D eigenvalue weighted by molar-refractivity contribution is 0.102. The van der Waals surface area contributed by atoms with Crippen molar-refractivity contribution in [1.82, 2.24) is 4.98 Å². The van der Waals surface area contributed by atoms with Gasteiger partial charge in [0.05, 0.1) is 0 Å². The van der Waals surface area contributed by atoms with E-state index in [1.807, 2.05) is 18.2 Å². The highest BCUT2D eigenvalue weighted by Crippen LogP contribution is 2.37. The van der Waals surface area contributed by atoms with E-state index in [1.165, 1.54) is 0 Å². The SMILES string of the molecule is N[C@H]1CSc2cc(C(=O)Nc3ccncc3)ccc21. The maximum atomic E-state index is 12.1. The second-order valence-corrected chi connectivity index (χ2v) is 5.42. The number of pyridine rings is 1. The Balaban J connectivity index is 1.81. The van der Waals surface area contributed by atoms with Crippen LogP contribution in [0.1, 0.15) is 22.0 Å². The van der Waals surface area contributed by atoms with Crippen molar-refractivity contribution in [3.8, 4) is 0 Å². The topological polar surface area (TPSA) is 68.0 Å². The summed E-state index contributed by atoms with van der Waals surface area (Å²) < 4.78 is 0. The number of nitrogens with one attached hydrogen (secondary N) is 1. The number of carbonyl (C=O) groups is 1. The smallest absolute Gasteiger partial charge is 0.255 e. The molecular weight excluding hydrogens is 258 g/mol. The number of thioether (sulfide) groups is 1. The summed E-state index contributed by atoms with van der Waals surface area (Å²) in [5.74, 6) is 0.764. The van der Waals surface area contributed by atoms with E-state index in [2.05, 4.69) is 10.3 Å². The molecule has 0 radical (unpaired) electrons. The lowest BCUT2D eigenvalue weighted by Crippen LogP contribution is -2.12. The van der Waals surface area contributed by atoms with Gasteiger partial charge in [-0.15, -0.1) is 11.8 Å². The van der Waals surface area contributed by atoms with Crippen LogP contribution < -0.4 is 11.1 Å². The minimum atomic E-state index is -0.116. The van der Waals surface area contributed by atoms with Gasteiger partial charge in [-0.1, -0.05) is 6.07 Å². The van der Waals surface area contributed by atoms with Gasteiger partial charge < -0.3 is 11.1 Å². The number of nitrogens with zero attached hydrogens (tertiary/aromatic N) is 1. The predicted molar refractivity (Wildman–Crippen MR) is 76.3 cm³/mol. The van der Waals surface area contributed by atoms with E-state index in [0.717, 1.165) is 21.9 Å². The normalized spacial score (nSPS) is 17.0. The van der Waals surface area contributed by atoms with Crippen LogP contribution in [-0.2, 0) is 0 Å². The van der Waals surface area contributed by atoms with Gasteiger partial charge in [0.2, 0.25) is 0 Å². The summed E-state index contributed by atoms with van der Waals surface area (Å²) in [6.45, 7) is 0. The first-order valence-corrected chi connectivity index (χ1v) is 6.96. The molecule has 3 rings (SSSR count). The van der Waals surface area contributed by atoms with Crippen LogP contribution in [0.3, 0.4) is 0 Å². The molecule has 0 saturated heterocycles. The third-order valence-corrected chi connectivity index (χ3v) is 4.22. The number of rotatable bonds is 2. The molecule has 0 saturated carbocycles. The largest absolute Gasteiger partial charge is 0.323 e. The first-order valence-electron chi connectivity index (χ1n) is 5.98. The van der Waals surface area contributed by atoms with Crippen molar-refractivity contribution in [3.63, 3.8) is 0 Å². The van der Waals surface area contributed by atoms with Crippen molar-refractivity contribution in [3.05, 3.63) is 53.9 Å². The van der Waals surface area contributed by atoms with Crippen LogP contribution in [0.15, 0.2) is 47.6 Å². The maximum Gasteiger partial charge on any atom is 0.255 e. The van der Waals surface area contributed by atoms with Gasteiger partial charge in [-0.05, 0) is 29.8 Å². The molecule has 2 heterocycles. The molecule has 0 aliphatic carbocycles. The summed E-state index contributed by atoms with van der Waals surface area (Å²) in [5, 5.41) is 2.84. The van der Waals surface area contributed by atoms with Crippen molar-refractivity contribution in [2.45, 2.75) is 10.9 Å². The molecule has 0 spiro atoms. The molecule has 96 valence electrons. The Morgan fingerprint density at radius 2 is 2.11 bits per heavy atom. The Bertz CT molecular complexity index is 615. The first kappa shape index (κ1) is 12.2. The number of hydrogen-bond donors (Lipinski definition) is 2. The average molecular weight is 271 g/mol. The second kappa shape index (κ2) is 5.03. The van der Waals surface area contributed by atoms with Crippen LogP contribution in [0.4, 0.5) is 5.69 Å². The summed E-state index contributed by atoms with van der Waals surface area (Å²) in [6, 6.07) is 9.27. The van der Waals surface area contributed by atoms with Gasteiger partial charge in [0.25, 0.3) is 5.91 Å². The Morgan fingerprint density at radius 1 is 1.32 bits per heavy atom.